The summed E-state index contributed by atoms with van der Waals surface area (Å²) in [5, 5.41) is 18.0. The highest BCUT2D eigenvalue weighted by Crippen LogP contribution is 2.22. The van der Waals surface area contributed by atoms with E-state index in [1.165, 1.54) is 12.1 Å². The molecule has 102 valence electrons. The summed E-state index contributed by atoms with van der Waals surface area (Å²) < 4.78 is 19.2. The average Bonchev–Trinajstić information content (AvgIpc) is 2.46. The van der Waals surface area contributed by atoms with Gasteiger partial charge in [-0.05, 0) is 25.1 Å². The maximum absolute atomic E-state index is 13.7. The van der Waals surface area contributed by atoms with Gasteiger partial charge in [0, 0.05) is 11.1 Å². The highest BCUT2D eigenvalue weighted by Gasteiger charge is 2.07. The molecule has 1 N–H and O–H groups in total. The van der Waals surface area contributed by atoms with Crippen LogP contribution in [0.25, 0.3) is 0 Å². The molecule has 4 heteroatoms. The number of hydrogen-bond donors (Lipinski definition) is 1. The standard InChI is InChI=1S/C16H14FNO2/c1-11-2-5-16(14(6-11)9-19)20-10-13-4-3-12(8-18)7-15(13)17/h2-7,19H,9-10H2,1H3. The fraction of sp³-hybridized carbons (Fsp3) is 0.188. The zero-order chi connectivity index (χ0) is 14.5. The van der Waals surface area contributed by atoms with Crippen molar-refractivity contribution in [3.8, 4) is 11.8 Å². The van der Waals surface area contributed by atoms with E-state index in [2.05, 4.69) is 0 Å². The van der Waals surface area contributed by atoms with E-state index in [4.69, 9.17) is 10.00 Å². The fourth-order valence-corrected chi connectivity index (χ4v) is 1.86. The second-order valence-corrected chi connectivity index (χ2v) is 4.48. The lowest BCUT2D eigenvalue weighted by molar-refractivity contribution is 0.257. The molecular formula is C16H14FNO2. The lowest BCUT2D eigenvalue weighted by Crippen LogP contribution is -2.01. The number of nitriles is 1. The number of hydrogen-bond acceptors (Lipinski definition) is 3. The summed E-state index contributed by atoms with van der Waals surface area (Å²) in [7, 11) is 0. The van der Waals surface area contributed by atoms with Gasteiger partial charge < -0.3 is 9.84 Å². The molecule has 0 aliphatic rings. The number of aryl methyl sites for hydroxylation is 1. The molecule has 0 radical (unpaired) electrons. The molecule has 2 aromatic carbocycles. The number of benzene rings is 2. The molecule has 0 fully saturated rings. The van der Waals surface area contributed by atoms with Gasteiger partial charge in [0.05, 0.1) is 18.2 Å². The maximum Gasteiger partial charge on any atom is 0.131 e. The molecule has 0 saturated carbocycles. The van der Waals surface area contributed by atoms with E-state index in [0.29, 0.717) is 16.9 Å². The van der Waals surface area contributed by atoms with Crippen LogP contribution in [0.5, 0.6) is 5.75 Å². The van der Waals surface area contributed by atoms with Crippen molar-refractivity contribution in [2.24, 2.45) is 0 Å². The predicted octanol–water partition coefficient (Wildman–Crippen LogP) is 3.08. The second-order valence-electron chi connectivity index (χ2n) is 4.48. The Kier molecular flexibility index (Phi) is 4.34. The van der Waals surface area contributed by atoms with Crippen molar-refractivity contribution >= 4 is 0 Å². The molecule has 0 bridgehead atoms. The summed E-state index contributed by atoms with van der Waals surface area (Å²) in [6.45, 7) is 1.84. The van der Waals surface area contributed by atoms with Crippen LogP contribution in [0.15, 0.2) is 36.4 Å². The molecule has 0 atom stereocenters. The van der Waals surface area contributed by atoms with Crippen molar-refractivity contribution in [2.45, 2.75) is 20.1 Å². The van der Waals surface area contributed by atoms with Gasteiger partial charge in [0.15, 0.2) is 0 Å². The van der Waals surface area contributed by atoms with Gasteiger partial charge in [0.2, 0.25) is 0 Å². The third kappa shape index (κ3) is 3.14. The van der Waals surface area contributed by atoms with Crippen molar-refractivity contribution in [3.63, 3.8) is 0 Å². The summed E-state index contributed by atoms with van der Waals surface area (Å²) in [5.74, 6) is 0.0589. The minimum atomic E-state index is -0.471. The Balaban J connectivity index is 2.15. The number of aliphatic hydroxyl groups excluding tert-OH is 1. The largest absolute Gasteiger partial charge is 0.488 e. The first kappa shape index (κ1) is 14.0. The molecule has 3 nitrogen and oxygen atoms in total. The number of ether oxygens (including phenoxy) is 1. The molecule has 0 saturated heterocycles. The van der Waals surface area contributed by atoms with E-state index >= 15 is 0 Å². The van der Waals surface area contributed by atoms with Crippen LogP contribution in [0.3, 0.4) is 0 Å². The number of halogens is 1. The molecule has 0 unspecified atom stereocenters. The Hall–Kier alpha value is -2.38. The minimum Gasteiger partial charge on any atom is -0.488 e. The third-order valence-corrected chi connectivity index (χ3v) is 2.95. The predicted molar refractivity (Wildman–Crippen MR) is 72.5 cm³/mol. The highest BCUT2D eigenvalue weighted by molar-refractivity contribution is 5.37. The third-order valence-electron chi connectivity index (χ3n) is 2.95. The number of aliphatic hydroxyl groups is 1. The van der Waals surface area contributed by atoms with Crippen LogP contribution >= 0.6 is 0 Å². The molecule has 2 aromatic rings. The summed E-state index contributed by atoms with van der Waals surface area (Å²) in [4.78, 5) is 0. The smallest absolute Gasteiger partial charge is 0.131 e. The van der Waals surface area contributed by atoms with E-state index in [-0.39, 0.29) is 18.8 Å². The van der Waals surface area contributed by atoms with E-state index in [1.54, 1.807) is 12.1 Å². The molecule has 0 aromatic heterocycles. The Labute approximate surface area is 116 Å². The van der Waals surface area contributed by atoms with Gasteiger partial charge in [0.25, 0.3) is 0 Å². The van der Waals surface area contributed by atoms with Gasteiger partial charge in [-0.25, -0.2) is 4.39 Å². The van der Waals surface area contributed by atoms with Crippen LogP contribution < -0.4 is 4.74 Å². The van der Waals surface area contributed by atoms with E-state index in [9.17, 15) is 9.50 Å². The Morgan fingerprint density at radius 2 is 2.00 bits per heavy atom. The highest BCUT2D eigenvalue weighted by atomic mass is 19.1. The summed E-state index contributed by atoms with van der Waals surface area (Å²) >= 11 is 0. The van der Waals surface area contributed by atoms with E-state index in [0.717, 1.165) is 5.56 Å². The molecular weight excluding hydrogens is 257 g/mol. The molecule has 20 heavy (non-hydrogen) atoms. The molecule has 0 aliphatic carbocycles. The van der Waals surface area contributed by atoms with Gasteiger partial charge in [0.1, 0.15) is 18.2 Å². The Bertz CT molecular complexity index is 662. The van der Waals surface area contributed by atoms with Crippen molar-refractivity contribution < 1.29 is 14.2 Å². The van der Waals surface area contributed by atoms with Crippen molar-refractivity contribution in [1.29, 1.82) is 5.26 Å². The molecule has 0 aliphatic heterocycles. The van der Waals surface area contributed by atoms with E-state index in [1.807, 2.05) is 25.1 Å². The zero-order valence-corrected chi connectivity index (χ0v) is 11.1. The molecule has 2 rings (SSSR count). The lowest BCUT2D eigenvalue weighted by atomic mass is 10.1. The zero-order valence-electron chi connectivity index (χ0n) is 11.1. The van der Waals surface area contributed by atoms with Gasteiger partial charge in [-0.3, -0.25) is 0 Å². The fourth-order valence-electron chi connectivity index (χ4n) is 1.86. The van der Waals surface area contributed by atoms with E-state index < -0.39 is 5.82 Å². The summed E-state index contributed by atoms with van der Waals surface area (Å²) in [6, 6.07) is 11.6. The van der Waals surface area contributed by atoms with Gasteiger partial charge in [-0.15, -0.1) is 0 Å². The normalized spacial score (nSPS) is 10.1. The first-order valence-corrected chi connectivity index (χ1v) is 6.15. The first-order valence-electron chi connectivity index (χ1n) is 6.15. The minimum absolute atomic E-state index is 0.0492. The molecule has 0 spiro atoms. The van der Waals surface area contributed by atoms with Crippen LogP contribution in [0.1, 0.15) is 22.3 Å². The van der Waals surface area contributed by atoms with Crippen LogP contribution in [-0.2, 0) is 13.2 Å². The summed E-state index contributed by atoms with van der Waals surface area (Å²) in [6.07, 6.45) is 0. The topological polar surface area (TPSA) is 53.2 Å². The Morgan fingerprint density at radius 1 is 1.20 bits per heavy atom. The monoisotopic (exact) mass is 271 g/mol. The summed E-state index contributed by atoms with van der Waals surface area (Å²) in [5.41, 5.74) is 2.33. The number of nitrogens with zero attached hydrogens (tertiary/aromatic N) is 1. The van der Waals surface area contributed by atoms with Crippen LogP contribution in [0.4, 0.5) is 4.39 Å². The van der Waals surface area contributed by atoms with Crippen molar-refractivity contribution in [1.82, 2.24) is 0 Å². The lowest BCUT2D eigenvalue weighted by Gasteiger charge is -2.11. The second kappa shape index (κ2) is 6.18. The van der Waals surface area contributed by atoms with Gasteiger partial charge >= 0.3 is 0 Å². The van der Waals surface area contributed by atoms with Crippen LogP contribution in [0.2, 0.25) is 0 Å². The molecule has 0 amide bonds. The van der Waals surface area contributed by atoms with Crippen LogP contribution in [-0.4, -0.2) is 5.11 Å². The Morgan fingerprint density at radius 3 is 2.65 bits per heavy atom. The van der Waals surface area contributed by atoms with Gasteiger partial charge in [-0.1, -0.05) is 23.8 Å². The van der Waals surface area contributed by atoms with Crippen molar-refractivity contribution in [2.75, 3.05) is 0 Å². The average molecular weight is 271 g/mol. The SMILES string of the molecule is Cc1ccc(OCc2ccc(C#N)cc2F)c(CO)c1. The van der Waals surface area contributed by atoms with Gasteiger partial charge in [-0.2, -0.15) is 5.26 Å². The molecule has 0 heterocycles. The number of rotatable bonds is 4. The quantitative estimate of drug-likeness (QED) is 0.929. The van der Waals surface area contributed by atoms with Crippen molar-refractivity contribution in [3.05, 3.63) is 64.5 Å². The van der Waals surface area contributed by atoms with Crippen LogP contribution in [0, 0.1) is 24.1 Å². The maximum atomic E-state index is 13.7. The first-order chi connectivity index (χ1) is 9.63.